The molecule has 0 radical (unpaired) electrons. The zero-order chi connectivity index (χ0) is 12.8. The summed E-state index contributed by atoms with van der Waals surface area (Å²) in [6, 6.07) is 1.66. The van der Waals surface area contributed by atoms with E-state index in [1.165, 1.54) is 0 Å². The van der Waals surface area contributed by atoms with Gasteiger partial charge in [0.05, 0.1) is 5.69 Å². The van der Waals surface area contributed by atoms with Crippen molar-refractivity contribution in [2.24, 2.45) is 0 Å². The van der Waals surface area contributed by atoms with Crippen LogP contribution in [-0.2, 0) is 4.79 Å². The standard InChI is InChI=1S/C11H15Cl2N3O/c1-7-6-8(12)15-11(13)10(7)16-9(17)4-3-5-14-2/h6,14H,3-5H2,1-2H3,(H,16,17). The van der Waals surface area contributed by atoms with Crippen molar-refractivity contribution in [3.63, 3.8) is 0 Å². The molecule has 17 heavy (non-hydrogen) atoms. The molecule has 0 aliphatic rings. The van der Waals surface area contributed by atoms with E-state index in [0.29, 0.717) is 17.3 Å². The zero-order valence-corrected chi connectivity index (χ0v) is 11.3. The van der Waals surface area contributed by atoms with E-state index in [-0.39, 0.29) is 11.1 Å². The lowest BCUT2D eigenvalue weighted by Crippen LogP contribution is -2.16. The Labute approximate surface area is 111 Å². The van der Waals surface area contributed by atoms with E-state index < -0.39 is 0 Å². The molecule has 94 valence electrons. The number of carbonyl (C=O) groups is 1. The lowest BCUT2D eigenvalue weighted by Gasteiger charge is -2.10. The molecule has 1 heterocycles. The number of aromatic nitrogens is 1. The van der Waals surface area contributed by atoms with Crippen molar-refractivity contribution in [3.8, 4) is 0 Å². The maximum Gasteiger partial charge on any atom is 0.224 e. The highest BCUT2D eigenvalue weighted by molar-refractivity contribution is 6.34. The number of amides is 1. The number of anilines is 1. The monoisotopic (exact) mass is 275 g/mol. The van der Waals surface area contributed by atoms with E-state index in [2.05, 4.69) is 15.6 Å². The van der Waals surface area contributed by atoms with Gasteiger partial charge in [-0.3, -0.25) is 4.79 Å². The quantitative estimate of drug-likeness (QED) is 0.642. The lowest BCUT2D eigenvalue weighted by molar-refractivity contribution is -0.116. The first-order valence-corrected chi connectivity index (χ1v) is 6.07. The molecule has 0 aliphatic heterocycles. The zero-order valence-electron chi connectivity index (χ0n) is 9.81. The van der Waals surface area contributed by atoms with Crippen LogP contribution in [-0.4, -0.2) is 24.5 Å². The van der Waals surface area contributed by atoms with Gasteiger partial charge in [0, 0.05) is 6.42 Å². The van der Waals surface area contributed by atoms with Gasteiger partial charge in [-0.2, -0.15) is 0 Å². The summed E-state index contributed by atoms with van der Waals surface area (Å²) in [4.78, 5) is 15.5. The molecular formula is C11H15Cl2N3O. The van der Waals surface area contributed by atoms with E-state index in [4.69, 9.17) is 23.2 Å². The summed E-state index contributed by atoms with van der Waals surface area (Å²) in [5.41, 5.74) is 1.34. The van der Waals surface area contributed by atoms with Crippen molar-refractivity contribution in [2.45, 2.75) is 19.8 Å². The van der Waals surface area contributed by atoms with Crippen LogP contribution in [0.4, 0.5) is 5.69 Å². The Morgan fingerprint density at radius 1 is 1.47 bits per heavy atom. The van der Waals surface area contributed by atoms with Crippen LogP contribution in [0.2, 0.25) is 10.3 Å². The van der Waals surface area contributed by atoms with Crippen LogP contribution in [0.3, 0.4) is 0 Å². The van der Waals surface area contributed by atoms with Crippen LogP contribution >= 0.6 is 23.2 Å². The van der Waals surface area contributed by atoms with Crippen molar-refractivity contribution in [2.75, 3.05) is 18.9 Å². The van der Waals surface area contributed by atoms with Gasteiger partial charge >= 0.3 is 0 Å². The van der Waals surface area contributed by atoms with E-state index in [0.717, 1.165) is 18.5 Å². The predicted octanol–water partition coefficient (Wildman–Crippen LogP) is 2.63. The van der Waals surface area contributed by atoms with Crippen molar-refractivity contribution in [1.29, 1.82) is 0 Å². The molecule has 1 amide bonds. The maximum absolute atomic E-state index is 11.6. The van der Waals surface area contributed by atoms with Gasteiger partial charge in [0.2, 0.25) is 5.91 Å². The maximum atomic E-state index is 11.6. The van der Waals surface area contributed by atoms with Gasteiger partial charge in [-0.15, -0.1) is 0 Å². The van der Waals surface area contributed by atoms with Crippen LogP contribution in [0.5, 0.6) is 0 Å². The Morgan fingerprint density at radius 2 is 2.18 bits per heavy atom. The van der Waals surface area contributed by atoms with E-state index in [1.807, 2.05) is 14.0 Å². The summed E-state index contributed by atoms with van der Waals surface area (Å²) in [5, 5.41) is 6.27. The normalized spacial score (nSPS) is 10.4. The minimum atomic E-state index is -0.0747. The van der Waals surface area contributed by atoms with Gasteiger partial charge in [-0.25, -0.2) is 4.98 Å². The van der Waals surface area contributed by atoms with Gasteiger partial charge in [0.25, 0.3) is 0 Å². The molecule has 1 aromatic heterocycles. The second kappa shape index (κ2) is 6.79. The summed E-state index contributed by atoms with van der Waals surface area (Å²) in [6.07, 6.45) is 1.22. The molecule has 1 aromatic rings. The average Bonchev–Trinajstić information content (AvgIpc) is 2.24. The number of pyridine rings is 1. The number of halogens is 2. The van der Waals surface area contributed by atoms with Gasteiger partial charge in [-0.1, -0.05) is 23.2 Å². The Kier molecular flexibility index (Phi) is 5.68. The van der Waals surface area contributed by atoms with Gasteiger partial charge in [-0.05, 0) is 38.6 Å². The highest BCUT2D eigenvalue weighted by atomic mass is 35.5. The first-order valence-electron chi connectivity index (χ1n) is 5.31. The number of hydrogen-bond acceptors (Lipinski definition) is 3. The van der Waals surface area contributed by atoms with Crippen molar-refractivity contribution in [3.05, 3.63) is 21.9 Å². The molecule has 0 atom stereocenters. The van der Waals surface area contributed by atoms with Crippen LogP contribution in [0.15, 0.2) is 6.07 Å². The number of nitrogens with one attached hydrogen (secondary N) is 2. The summed E-state index contributed by atoms with van der Waals surface area (Å²) in [7, 11) is 1.85. The highest BCUT2D eigenvalue weighted by Gasteiger charge is 2.10. The molecule has 1 rings (SSSR count). The Balaban J connectivity index is 2.65. The van der Waals surface area contributed by atoms with Crippen LogP contribution < -0.4 is 10.6 Å². The smallest absolute Gasteiger partial charge is 0.224 e. The van der Waals surface area contributed by atoms with E-state index in [9.17, 15) is 4.79 Å². The second-order valence-corrected chi connectivity index (χ2v) is 4.43. The number of hydrogen-bond donors (Lipinski definition) is 2. The molecule has 0 saturated heterocycles. The fraction of sp³-hybridized carbons (Fsp3) is 0.455. The molecule has 0 fully saturated rings. The first kappa shape index (κ1) is 14.2. The van der Waals surface area contributed by atoms with Gasteiger partial charge in [0.15, 0.2) is 5.15 Å². The molecule has 4 nitrogen and oxygen atoms in total. The highest BCUT2D eigenvalue weighted by Crippen LogP contribution is 2.26. The second-order valence-electron chi connectivity index (χ2n) is 3.68. The third-order valence-corrected chi connectivity index (χ3v) is 2.70. The molecule has 0 saturated carbocycles. The van der Waals surface area contributed by atoms with Crippen molar-refractivity contribution < 1.29 is 4.79 Å². The minimum absolute atomic E-state index is 0.0747. The Hall–Kier alpha value is -0.840. The molecule has 6 heteroatoms. The fourth-order valence-corrected chi connectivity index (χ4v) is 1.95. The van der Waals surface area contributed by atoms with Gasteiger partial charge < -0.3 is 10.6 Å². The largest absolute Gasteiger partial charge is 0.323 e. The Bertz CT molecular complexity index is 387. The molecular weight excluding hydrogens is 261 g/mol. The molecule has 0 bridgehead atoms. The summed E-state index contributed by atoms with van der Waals surface area (Å²) < 4.78 is 0. The minimum Gasteiger partial charge on any atom is -0.323 e. The molecule has 0 aromatic carbocycles. The third kappa shape index (κ3) is 4.50. The molecule has 2 N–H and O–H groups in total. The van der Waals surface area contributed by atoms with Crippen molar-refractivity contribution in [1.82, 2.24) is 10.3 Å². The Morgan fingerprint density at radius 3 is 2.76 bits per heavy atom. The van der Waals surface area contributed by atoms with E-state index >= 15 is 0 Å². The molecule has 0 unspecified atom stereocenters. The van der Waals surface area contributed by atoms with Gasteiger partial charge in [0.1, 0.15) is 5.15 Å². The van der Waals surface area contributed by atoms with Crippen LogP contribution in [0, 0.1) is 6.92 Å². The number of nitrogens with zero attached hydrogens (tertiary/aromatic N) is 1. The lowest BCUT2D eigenvalue weighted by atomic mass is 10.2. The summed E-state index contributed by atoms with van der Waals surface area (Å²) >= 11 is 11.7. The average molecular weight is 276 g/mol. The third-order valence-electron chi connectivity index (χ3n) is 2.24. The van der Waals surface area contributed by atoms with Crippen LogP contribution in [0.25, 0.3) is 0 Å². The predicted molar refractivity (Wildman–Crippen MR) is 70.8 cm³/mol. The topological polar surface area (TPSA) is 54.0 Å². The van der Waals surface area contributed by atoms with Crippen LogP contribution in [0.1, 0.15) is 18.4 Å². The number of rotatable bonds is 5. The fourth-order valence-electron chi connectivity index (χ4n) is 1.37. The SMILES string of the molecule is CNCCCC(=O)Nc1c(C)cc(Cl)nc1Cl. The number of aryl methyl sites for hydroxylation is 1. The summed E-state index contributed by atoms with van der Waals surface area (Å²) in [5.74, 6) is -0.0747. The number of carbonyl (C=O) groups excluding carboxylic acids is 1. The summed E-state index contributed by atoms with van der Waals surface area (Å²) in [6.45, 7) is 2.63. The molecule has 0 spiro atoms. The first-order chi connectivity index (χ1) is 8.04. The molecule has 0 aliphatic carbocycles. The van der Waals surface area contributed by atoms with E-state index in [1.54, 1.807) is 6.07 Å². The van der Waals surface area contributed by atoms with Crippen molar-refractivity contribution >= 4 is 34.8 Å².